The second kappa shape index (κ2) is 10.4. The fourth-order valence-electron chi connectivity index (χ4n) is 2.04. The molecule has 6 heteroatoms. The Morgan fingerprint density at radius 3 is 2.88 bits per heavy atom. The van der Waals surface area contributed by atoms with Gasteiger partial charge in [-0.3, -0.25) is 9.78 Å². The molecule has 24 heavy (non-hydrogen) atoms. The molecule has 0 unspecified atom stereocenters. The van der Waals surface area contributed by atoms with Crippen molar-refractivity contribution in [3.8, 4) is 5.75 Å². The van der Waals surface area contributed by atoms with Gasteiger partial charge in [0.05, 0.1) is 6.61 Å². The number of hydrogen-bond acceptors (Lipinski definition) is 5. The smallest absolute Gasteiger partial charge is 0.251 e. The van der Waals surface area contributed by atoms with Crippen LogP contribution >= 0.6 is 0 Å². The number of aromatic nitrogens is 1. The first-order valence-corrected chi connectivity index (χ1v) is 7.89. The van der Waals surface area contributed by atoms with E-state index in [0.717, 1.165) is 12.1 Å². The average molecular weight is 329 g/mol. The quantitative estimate of drug-likeness (QED) is 0.648. The molecular formula is C18H23N3O3. The van der Waals surface area contributed by atoms with Gasteiger partial charge in [-0.1, -0.05) is 12.1 Å². The number of methoxy groups -OCH3 is 1. The highest BCUT2D eigenvalue weighted by molar-refractivity contribution is 5.94. The lowest BCUT2D eigenvalue weighted by atomic mass is 10.2. The number of pyridine rings is 1. The minimum atomic E-state index is -0.115. The van der Waals surface area contributed by atoms with E-state index in [1.165, 1.54) is 0 Å². The zero-order valence-electron chi connectivity index (χ0n) is 13.8. The Morgan fingerprint density at radius 1 is 1.17 bits per heavy atom. The van der Waals surface area contributed by atoms with Gasteiger partial charge >= 0.3 is 0 Å². The van der Waals surface area contributed by atoms with Crippen LogP contribution in [0.4, 0.5) is 0 Å². The Hall–Kier alpha value is -2.44. The van der Waals surface area contributed by atoms with Gasteiger partial charge in [-0.25, -0.2) is 0 Å². The second-order valence-electron chi connectivity index (χ2n) is 5.18. The highest BCUT2D eigenvalue weighted by atomic mass is 16.5. The van der Waals surface area contributed by atoms with Crippen LogP contribution < -0.4 is 15.4 Å². The predicted molar refractivity (Wildman–Crippen MR) is 92.1 cm³/mol. The van der Waals surface area contributed by atoms with Crippen LogP contribution in [0.5, 0.6) is 5.75 Å². The number of hydrogen-bond donors (Lipinski definition) is 2. The van der Waals surface area contributed by atoms with E-state index in [4.69, 9.17) is 9.47 Å². The molecule has 0 atom stereocenters. The summed E-state index contributed by atoms with van der Waals surface area (Å²) in [4.78, 5) is 16.2. The maximum absolute atomic E-state index is 12.1. The van der Waals surface area contributed by atoms with Crippen LogP contribution in [0.2, 0.25) is 0 Å². The lowest BCUT2D eigenvalue weighted by Gasteiger charge is -2.09. The lowest BCUT2D eigenvalue weighted by molar-refractivity contribution is 0.0953. The summed E-state index contributed by atoms with van der Waals surface area (Å²) in [5.41, 5.74) is 1.56. The van der Waals surface area contributed by atoms with Crippen LogP contribution in [0.15, 0.2) is 48.8 Å². The van der Waals surface area contributed by atoms with Crippen LogP contribution in [0.1, 0.15) is 15.9 Å². The summed E-state index contributed by atoms with van der Waals surface area (Å²) in [6.07, 6.45) is 3.48. The Bertz CT molecular complexity index is 620. The minimum Gasteiger partial charge on any atom is -0.489 e. The Balaban J connectivity index is 1.77. The highest BCUT2D eigenvalue weighted by Crippen LogP contribution is 2.15. The number of amides is 1. The standard InChI is InChI=1S/C18H23N3O3/c1-23-11-10-19-8-9-21-18(22)16-5-2-6-17(12-16)24-14-15-4-3-7-20-13-15/h2-7,12-13,19H,8-11,14H2,1H3,(H,21,22). The van der Waals surface area contributed by atoms with Crippen LogP contribution in [-0.4, -0.2) is 44.2 Å². The van der Waals surface area contributed by atoms with Crippen molar-refractivity contribution >= 4 is 5.91 Å². The number of carbonyl (C=O) groups excluding carboxylic acids is 1. The van der Waals surface area contributed by atoms with Crippen molar-refractivity contribution in [2.24, 2.45) is 0 Å². The zero-order valence-corrected chi connectivity index (χ0v) is 13.8. The summed E-state index contributed by atoms with van der Waals surface area (Å²) in [7, 11) is 1.66. The van der Waals surface area contributed by atoms with Crippen molar-refractivity contribution in [3.05, 3.63) is 59.9 Å². The predicted octanol–water partition coefficient (Wildman–Crippen LogP) is 1.63. The van der Waals surface area contributed by atoms with E-state index in [-0.39, 0.29) is 5.91 Å². The largest absolute Gasteiger partial charge is 0.489 e. The summed E-state index contributed by atoms with van der Waals surface area (Å²) in [6, 6.07) is 11.0. The van der Waals surface area contributed by atoms with E-state index in [1.807, 2.05) is 24.3 Å². The Morgan fingerprint density at radius 2 is 2.08 bits per heavy atom. The molecule has 0 radical (unpaired) electrons. The maximum atomic E-state index is 12.1. The first kappa shape index (κ1) is 17.9. The number of ether oxygens (including phenoxy) is 2. The lowest BCUT2D eigenvalue weighted by Crippen LogP contribution is -2.33. The molecule has 0 aliphatic heterocycles. The van der Waals surface area contributed by atoms with Crippen LogP contribution in [-0.2, 0) is 11.3 Å². The molecule has 2 N–H and O–H groups in total. The van der Waals surface area contributed by atoms with Crippen molar-refractivity contribution in [1.29, 1.82) is 0 Å². The van der Waals surface area contributed by atoms with Gasteiger partial charge in [0.25, 0.3) is 5.91 Å². The summed E-state index contributed by atoms with van der Waals surface area (Å²) in [6.45, 7) is 3.10. The molecule has 0 bridgehead atoms. The van der Waals surface area contributed by atoms with Crippen LogP contribution in [0.3, 0.4) is 0 Å². The number of rotatable bonds is 10. The molecule has 1 aromatic carbocycles. The van der Waals surface area contributed by atoms with E-state index < -0.39 is 0 Å². The molecule has 0 aliphatic carbocycles. The number of carbonyl (C=O) groups is 1. The summed E-state index contributed by atoms with van der Waals surface area (Å²) >= 11 is 0. The van der Waals surface area contributed by atoms with Crippen molar-refractivity contribution in [1.82, 2.24) is 15.6 Å². The third-order valence-corrected chi connectivity index (χ3v) is 3.29. The number of nitrogens with zero attached hydrogens (tertiary/aromatic N) is 1. The van der Waals surface area contributed by atoms with Crippen molar-refractivity contribution < 1.29 is 14.3 Å². The topological polar surface area (TPSA) is 72.5 Å². The summed E-state index contributed by atoms with van der Waals surface area (Å²) in [5.74, 6) is 0.542. The molecule has 128 valence electrons. The van der Waals surface area contributed by atoms with E-state index in [0.29, 0.717) is 37.6 Å². The van der Waals surface area contributed by atoms with Crippen molar-refractivity contribution in [2.45, 2.75) is 6.61 Å². The third-order valence-electron chi connectivity index (χ3n) is 3.29. The van der Waals surface area contributed by atoms with Crippen LogP contribution in [0, 0.1) is 0 Å². The Kier molecular flexibility index (Phi) is 7.73. The fourth-order valence-corrected chi connectivity index (χ4v) is 2.04. The Labute approximate surface area is 142 Å². The molecule has 2 rings (SSSR count). The summed E-state index contributed by atoms with van der Waals surface area (Å²) in [5, 5.41) is 6.04. The van der Waals surface area contributed by atoms with Gasteiger partial charge in [0.15, 0.2) is 0 Å². The van der Waals surface area contributed by atoms with Gasteiger partial charge in [0.1, 0.15) is 12.4 Å². The van der Waals surface area contributed by atoms with Gasteiger partial charge in [0.2, 0.25) is 0 Å². The maximum Gasteiger partial charge on any atom is 0.251 e. The SMILES string of the molecule is COCCNCCNC(=O)c1cccc(OCc2cccnc2)c1. The van der Waals surface area contributed by atoms with E-state index in [2.05, 4.69) is 15.6 Å². The molecule has 6 nitrogen and oxygen atoms in total. The molecule has 0 saturated heterocycles. The molecule has 1 aromatic heterocycles. The molecule has 1 amide bonds. The fraction of sp³-hybridized carbons (Fsp3) is 0.333. The van der Waals surface area contributed by atoms with Crippen molar-refractivity contribution in [3.63, 3.8) is 0 Å². The van der Waals surface area contributed by atoms with Gasteiger partial charge in [0, 0.05) is 50.3 Å². The van der Waals surface area contributed by atoms with Gasteiger partial charge in [-0.05, 0) is 24.3 Å². The van der Waals surface area contributed by atoms with E-state index in [9.17, 15) is 4.79 Å². The first-order chi connectivity index (χ1) is 11.8. The normalized spacial score (nSPS) is 10.4. The van der Waals surface area contributed by atoms with Gasteiger partial charge in [-0.15, -0.1) is 0 Å². The molecule has 0 saturated carbocycles. The number of nitrogens with one attached hydrogen (secondary N) is 2. The minimum absolute atomic E-state index is 0.115. The number of benzene rings is 1. The molecule has 0 aliphatic rings. The molecule has 0 fully saturated rings. The third kappa shape index (κ3) is 6.36. The molecule has 0 spiro atoms. The monoisotopic (exact) mass is 329 g/mol. The van der Waals surface area contributed by atoms with Crippen LogP contribution in [0.25, 0.3) is 0 Å². The van der Waals surface area contributed by atoms with Gasteiger partial charge < -0.3 is 20.1 Å². The zero-order chi connectivity index (χ0) is 17.0. The average Bonchev–Trinajstić information content (AvgIpc) is 2.64. The van der Waals surface area contributed by atoms with Gasteiger partial charge in [-0.2, -0.15) is 0 Å². The molecular weight excluding hydrogens is 306 g/mol. The molecule has 1 heterocycles. The molecule has 2 aromatic rings. The summed E-state index contributed by atoms with van der Waals surface area (Å²) < 4.78 is 10.6. The second-order valence-corrected chi connectivity index (χ2v) is 5.18. The highest BCUT2D eigenvalue weighted by Gasteiger charge is 2.06. The van der Waals surface area contributed by atoms with E-state index >= 15 is 0 Å². The van der Waals surface area contributed by atoms with E-state index in [1.54, 1.807) is 31.6 Å². The van der Waals surface area contributed by atoms with Crippen molar-refractivity contribution in [2.75, 3.05) is 33.4 Å². The first-order valence-electron chi connectivity index (χ1n) is 7.89.